The molecule has 1 heterocycles. The molecule has 19 heavy (non-hydrogen) atoms. The molecule has 0 fully saturated rings. The average molecular weight is 318 g/mol. The minimum Gasteiger partial charge on any atom is -0.384 e. The highest BCUT2D eigenvalue weighted by molar-refractivity contribution is 7.92. The van der Waals surface area contributed by atoms with Gasteiger partial charge in [0.15, 0.2) is 0 Å². The number of benzene rings is 1. The SMILES string of the molecule is Nc1ccc(S(=O)(=O)Nc2ccc(Cl)c(Cl)c2)cn1. The lowest BCUT2D eigenvalue weighted by molar-refractivity contribution is 0.601. The molecule has 0 aliphatic heterocycles. The molecule has 2 aromatic rings. The van der Waals surface area contributed by atoms with Crippen LogP contribution in [-0.4, -0.2) is 13.4 Å². The number of nitrogens with two attached hydrogens (primary N) is 1. The van der Waals surface area contributed by atoms with Gasteiger partial charge >= 0.3 is 0 Å². The van der Waals surface area contributed by atoms with E-state index < -0.39 is 10.0 Å². The summed E-state index contributed by atoms with van der Waals surface area (Å²) in [6.07, 6.45) is 1.18. The molecule has 0 aliphatic rings. The van der Waals surface area contributed by atoms with Gasteiger partial charge in [-0.2, -0.15) is 0 Å². The third kappa shape index (κ3) is 3.28. The van der Waals surface area contributed by atoms with Gasteiger partial charge in [-0.25, -0.2) is 13.4 Å². The zero-order chi connectivity index (χ0) is 14.0. The molecule has 0 amide bonds. The molecule has 5 nitrogen and oxygen atoms in total. The topological polar surface area (TPSA) is 85.1 Å². The molecule has 0 spiro atoms. The quantitative estimate of drug-likeness (QED) is 0.911. The standard InChI is InChI=1S/C11H9Cl2N3O2S/c12-9-3-1-7(5-10(9)13)16-19(17,18)8-2-4-11(14)15-6-8/h1-6,16H,(H2,14,15). The van der Waals surface area contributed by atoms with E-state index in [0.29, 0.717) is 10.7 Å². The van der Waals surface area contributed by atoms with Gasteiger partial charge in [-0.3, -0.25) is 4.72 Å². The zero-order valence-electron chi connectivity index (χ0n) is 9.47. The maximum atomic E-state index is 12.0. The normalized spacial score (nSPS) is 11.3. The first-order valence-corrected chi connectivity index (χ1v) is 7.32. The molecule has 1 aromatic heterocycles. The third-order valence-electron chi connectivity index (χ3n) is 2.24. The van der Waals surface area contributed by atoms with E-state index in [1.807, 2.05) is 0 Å². The van der Waals surface area contributed by atoms with Crippen molar-refractivity contribution in [2.75, 3.05) is 10.5 Å². The lowest BCUT2D eigenvalue weighted by atomic mass is 10.3. The van der Waals surface area contributed by atoms with Gasteiger partial charge in [0.2, 0.25) is 0 Å². The van der Waals surface area contributed by atoms with Gasteiger partial charge < -0.3 is 5.73 Å². The summed E-state index contributed by atoms with van der Waals surface area (Å²) in [6.45, 7) is 0. The minimum absolute atomic E-state index is 0.00720. The van der Waals surface area contributed by atoms with E-state index in [0.717, 1.165) is 0 Å². The highest BCUT2D eigenvalue weighted by atomic mass is 35.5. The van der Waals surface area contributed by atoms with Crippen molar-refractivity contribution in [2.45, 2.75) is 4.90 Å². The zero-order valence-corrected chi connectivity index (χ0v) is 11.8. The summed E-state index contributed by atoms with van der Waals surface area (Å²) in [5, 5.41) is 0.607. The molecule has 0 saturated carbocycles. The number of halogens is 2. The number of anilines is 2. The predicted molar refractivity (Wildman–Crippen MR) is 75.9 cm³/mol. The van der Waals surface area contributed by atoms with Crippen molar-refractivity contribution in [3.63, 3.8) is 0 Å². The lowest BCUT2D eigenvalue weighted by Gasteiger charge is -2.08. The number of rotatable bonds is 3. The van der Waals surface area contributed by atoms with Gasteiger partial charge in [0.1, 0.15) is 10.7 Å². The van der Waals surface area contributed by atoms with E-state index in [1.54, 1.807) is 0 Å². The van der Waals surface area contributed by atoms with E-state index in [1.165, 1.54) is 36.5 Å². The van der Waals surface area contributed by atoms with Crippen LogP contribution in [-0.2, 0) is 10.0 Å². The Morgan fingerprint density at radius 1 is 1.11 bits per heavy atom. The number of nitrogens with one attached hydrogen (secondary N) is 1. The number of pyridine rings is 1. The highest BCUT2D eigenvalue weighted by Crippen LogP contribution is 2.26. The van der Waals surface area contributed by atoms with Crippen LogP contribution >= 0.6 is 23.2 Å². The fourth-order valence-corrected chi connectivity index (χ4v) is 2.62. The van der Waals surface area contributed by atoms with E-state index in [-0.39, 0.29) is 15.7 Å². The fraction of sp³-hybridized carbons (Fsp3) is 0. The van der Waals surface area contributed by atoms with E-state index in [2.05, 4.69) is 9.71 Å². The summed E-state index contributed by atoms with van der Waals surface area (Å²) in [4.78, 5) is 3.74. The molecule has 100 valence electrons. The molecule has 0 aliphatic carbocycles. The number of hydrogen-bond donors (Lipinski definition) is 2. The van der Waals surface area contributed by atoms with E-state index in [9.17, 15) is 8.42 Å². The molecule has 8 heteroatoms. The van der Waals surface area contributed by atoms with E-state index in [4.69, 9.17) is 28.9 Å². The Balaban J connectivity index is 2.30. The van der Waals surface area contributed by atoms with Gasteiger partial charge in [0, 0.05) is 6.20 Å². The summed E-state index contributed by atoms with van der Waals surface area (Å²) < 4.78 is 26.5. The number of nitrogen functional groups attached to an aromatic ring is 1. The molecule has 3 N–H and O–H groups in total. The maximum absolute atomic E-state index is 12.0. The minimum atomic E-state index is -3.73. The maximum Gasteiger partial charge on any atom is 0.263 e. The van der Waals surface area contributed by atoms with Crippen molar-refractivity contribution < 1.29 is 8.42 Å². The van der Waals surface area contributed by atoms with Gasteiger partial charge in [0.05, 0.1) is 15.7 Å². The first-order valence-electron chi connectivity index (χ1n) is 5.08. The highest BCUT2D eigenvalue weighted by Gasteiger charge is 2.15. The van der Waals surface area contributed by atoms with Gasteiger partial charge in [-0.05, 0) is 30.3 Å². The Kier molecular flexibility index (Phi) is 3.84. The number of hydrogen-bond acceptors (Lipinski definition) is 4. The van der Waals surface area contributed by atoms with Crippen LogP contribution in [0.4, 0.5) is 11.5 Å². The summed E-state index contributed by atoms with van der Waals surface area (Å²) in [6, 6.07) is 7.21. The smallest absolute Gasteiger partial charge is 0.263 e. The van der Waals surface area contributed by atoms with Crippen molar-refractivity contribution in [1.82, 2.24) is 4.98 Å². The van der Waals surface area contributed by atoms with Crippen LogP contribution in [0.25, 0.3) is 0 Å². The molecular formula is C11H9Cl2N3O2S. The molecular weight excluding hydrogens is 309 g/mol. The van der Waals surface area contributed by atoms with Crippen LogP contribution in [0, 0.1) is 0 Å². The monoisotopic (exact) mass is 317 g/mol. The van der Waals surface area contributed by atoms with E-state index >= 15 is 0 Å². The molecule has 0 atom stereocenters. The summed E-state index contributed by atoms with van der Waals surface area (Å²) in [5.41, 5.74) is 5.71. The Bertz CT molecular complexity index is 702. The second-order valence-electron chi connectivity index (χ2n) is 3.65. The van der Waals surface area contributed by atoms with Crippen LogP contribution in [0.15, 0.2) is 41.4 Å². The summed E-state index contributed by atoms with van der Waals surface area (Å²) in [7, 11) is -3.73. The van der Waals surface area contributed by atoms with Gasteiger partial charge in [-0.15, -0.1) is 0 Å². The van der Waals surface area contributed by atoms with Crippen LogP contribution in [0.3, 0.4) is 0 Å². The second kappa shape index (κ2) is 5.24. The Morgan fingerprint density at radius 3 is 2.42 bits per heavy atom. The fourth-order valence-electron chi connectivity index (χ4n) is 1.32. The van der Waals surface area contributed by atoms with Gasteiger partial charge in [0.25, 0.3) is 10.0 Å². The molecule has 0 saturated heterocycles. The number of nitrogens with zero attached hydrogens (tertiary/aromatic N) is 1. The summed E-state index contributed by atoms with van der Waals surface area (Å²) in [5.74, 6) is 0.244. The molecule has 0 unspecified atom stereocenters. The van der Waals surface area contributed by atoms with Crippen LogP contribution in [0.1, 0.15) is 0 Å². The van der Waals surface area contributed by atoms with Crippen molar-refractivity contribution in [3.05, 3.63) is 46.6 Å². The van der Waals surface area contributed by atoms with Crippen molar-refractivity contribution >= 4 is 44.7 Å². The Morgan fingerprint density at radius 2 is 1.84 bits per heavy atom. The predicted octanol–water partition coefficient (Wildman–Crippen LogP) is 2.77. The van der Waals surface area contributed by atoms with Crippen LogP contribution in [0.2, 0.25) is 10.0 Å². The second-order valence-corrected chi connectivity index (χ2v) is 6.15. The largest absolute Gasteiger partial charge is 0.384 e. The molecule has 2 rings (SSSR count). The first-order chi connectivity index (χ1) is 8.88. The molecule has 0 radical (unpaired) electrons. The first kappa shape index (κ1) is 13.9. The van der Waals surface area contributed by atoms with Crippen molar-refractivity contribution in [3.8, 4) is 0 Å². The van der Waals surface area contributed by atoms with Gasteiger partial charge in [-0.1, -0.05) is 23.2 Å². The van der Waals surface area contributed by atoms with Crippen LogP contribution in [0.5, 0.6) is 0 Å². The summed E-state index contributed by atoms with van der Waals surface area (Å²) >= 11 is 11.6. The van der Waals surface area contributed by atoms with Crippen molar-refractivity contribution in [1.29, 1.82) is 0 Å². The van der Waals surface area contributed by atoms with Crippen molar-refractivity contribution in [2.24, 2.45) is 0 Å². The number of aromatic nitrogens is 1. The lowest BCUT2D eigenvalue weighted by Crippen LogP contribution is -2.13. The Labute approximate surface area is 120 Å². The van der Waals surface area contributed by atoms with Crippen LogP contribution < -0.4 is 10.5 Å². The average Bonchev–Trinajstić information content (AvgIpc) is 2.34. The molecule has 0 bridgehead atoms. The number of sulfonamides is 1. The Hall–Kier alpha value is -1.50. The molecule has 1 aromatic carbocycles. The third-order valence-corrected chi connectivity index (χ3v) is 4.35.